The molecule has 2 amide bonds. The molecule has 116 valence electrons. The first-order valence-corrected chi connectivity index (χ1v) is 7.23. The summed E-state index contributed by atoms with van der Waals surface area (Å²) in [6.07, 6.45) is 2.37. The van der Waals surface area contributed by atoms with Crippen LogP contribution < -0.4 is 5.32 Å². The maximum atomic E-state index is 12.4. The summed E-state index contributed by atoms with van der Waals surface area (Å²) in [5.74, 6) is -3.55. The smallest absolute Gasteiger partial charge is 0.334 e. The lowest BCUT2D eigenvalue weighted by Crippen LogP contribution is -2.55. The number of imide groups is 1. The fourth-order valence-electron chi connectivity index (χ4n) is 2.87. The predicted octanol–water partition coefficient (Wildman–Crippen LogP) is -0.316. The molecule has 0 bridgehead atoms. The van der Waals surface area contributed by atoms with E-state index >= 15 is 0 Å². The molecule has 3 heterocycles. The van der Waals surface area contributed by atoms with E-state index in [0.29, 0.717) is 31.2 Å². The Kier molecular flexibility index (Phi) is 3.92. The fraction of sp³-hybridized carbons (Fsp3) is 0.769. The topological polar surface area (TPSA) is 94.2 Å². The second-order valence-electron chi connectivity index (χ2n) is 5.33. The molecule has 3 rings (SSSR count). The number of hydrogen-bond acceptors (Lipinski definition) is 7. The summed E-state index contributed by atoms with van der Waals surface area (Å²) in [6, 6.07) is 0. The minimum Gasteiger partial charge on any atom is -0.334 e. The number of hydrogen-bond donors (Lipinski definition) is 1. The Morgan fingerprint density at radius 1 is 1.19 bits per heavy atom. The van der Waals surface area contributed by atoms with Gasteiger partial charge in [0.25, 0.3) is 11.8 Å². The molecule has 3 saturated heterocycles. The third-order valence-corrected chi connectivity index (χ3v) is 3.94. The van der Waals surface area contributed by atoms with Crippen molar-refractivity contribution in [3.63, 3.8) is 0 Å². The van der Waals surface area contributed by atoms with Crippen molar-refractivity contribution in [1.29, 1.82) is 0 Å². The van der Waals surface area contributed by atoms with Gasteiger partial charge in [-0.2, -0.15) is 0 Å². The van der Waals surface area contributed by atoms with E-state index in [-0.39, 0.29) is 12.8 Å². The van der Waals surface area contributed by atoms with E-state index in [1.165, 1.54) is 0 Å². The van der Waals surface area contributed by atoms with Crippen LogP contribution in [0.1, 0.15) is 32.1 Å². The number of carbonyl (C=O) groups excluding carboxylic acids is 3. The summed E-state index contributed by atoms with van der Waals surface area (Å²) >= 11 is 0. The van der Waals surface area contributed by atoms with Gasteiger partial charge in [0.2, 0.25) is 5.91 Å². The van der Waals surface area contributed by atoms with Gasteiger partial charge < -0.3 is 14.3 Å². The second kappa shape index (κ2) is 5.70. The number of carbonyl (C=O) groups is 3. The quantitative estimate of drug-likeness (QED) is 0.698. The molecule has 8 heteroatoms. The van der Waals surface area contributed by atoms with Crippen molar-refractivity contribution >= 4 is 17.8 Å². The lowest BCUT2D eigenvalue weighted by molar-refractivity contribution is -0.239. The highest BCUT2D eigenvalue weighted by molar-refractivity contribution is 6.01. The molecule has 1 atom stereocenters. The van der Waals surface area contributed by atoms with E-state index in [9.17, 15) is 14.4 Å². The highest BCUT2D eigenvalue weighted by atomic mass is 16.8. The van der Waals surface area contributed by atoms with Gasteiger partial charge in [-0.3, -0.25) is 14.9 Å². The van der Waals surface area contributed by atoms with Crippen LogP contribution in [0, 0.1) is 5.92 Å². The maximum Gasteiger partial charge on any atom is 0.343 e. The molecule has 0 radical (unpaired) electrons. The van der Waals surface area contributed by atoms with Gasteiger partial charge in [0, 0.05) is 19.4 Å². The van der Waals surface area contributed by atoms with E-state index in [0.717, 1.165) is 12.8 Å². The van der Waals surface area contributed by atoms with Crippen LogP contribution in [-0.2, 0) is 28.7 Å². The Bertz CT molecular complexity index is 444. The first-order valence-electron chi connectivity index (χ1n) is 7.23. The van der Waals surface area contributed by atoms with Crippen LogP contribution in [0.5, 0.6) is 0 Å². The van der Waals surface area contributed by atoms with E-state index in [4.69, 9.17) is 14.3 Å². The van der Waals surface area contributed by atoms with Crippen LogP contribution >= 0.6 is 0 Å². The molecule has 0 aliphatic carbocycles. The zero-order chi connectivity index (χ0) is 14.9. The Balaban J connectivity index is 1.74. The molecule has 1 unspecified atom stereocenters. The molecule has 0 aromatic heterocycles. The molecular formula is C13H18N2O6. The van der Waals surface area contributed by atoms with Crippen molar-refractivity contribution in [2.45, 2.75) is 38.0 Å². The average molecular weight is 298 g/mol. The number of nitrogens with zero attached hydrogens (tertiary/aromatic N) is 1. The van der Waals surface area contributed by atoms with Crippen molar-refractivity contribution in [2.24, 2.45) is 5.92 Å². The highest BCUT2D eigenvalue weighted by Crippen LogP contribution is 2.33. The monoisotopic (exact) mass is 298 g/mol. The van der Waals surface area contributed by atoms with Crippen LogP contribution in [-0.4, -0.2) is 48.5 Å². The lowest BCUT2D eigenvalue weighted by Gasteiger charge is -2.33. The van der Waals surface area contributed by atoms with E-state index in [1.54, 1.807) is 0 Å². The molecule has 0 aromatic rings. The predicted molar refractivity (Wildman–Crippen MR) is 67.2 cm³/mol. The van der Waals surface area contributed by atoms with Gasteiger partial charge in [-0.1, -0.05) is 6.42 Å². The third kappa shape index (κ3) is 2.66. The summed E-state index contributed by atoms with van der Waals surface area (Å²) < 4.78 is 11.2. The van der Waals surface area contributed by atoms with Crippen molar-refractivity contribution < 1.29 is 28.7 Å². The Hall–Kier alpha value is -1.51. The highest BCUT2D eigenvalue weighted by Gasteiger charge is 2.51. The SMILES string of the molecule is O=C(ON1C(=O)CCC1=O)C1CCCCNC12OCCO2. The largest absolute Gasteiger partial charge is 0.343 e. The van der Waals surface area contributed by atoms with Gasteiger partial charge in [-0.15, -0.1) is 5.06 Å². The van der Waals surface area contributed by atoms with Crippen LogP contribution in [0.25, 0.3) is 0 Å². The summed E-state index contributed by atoms with van der Waals surface area (Å²) in [6.45, 7) is 1.45. The number of amides is 2. The molecule has 1 N–H and O–H groups in total. The van der Waals surface area contributed by atoms with E-state index < -0.39 is 29.6 Å². The first-order chi connectivity index (χ1) is 10.1. The van der Waals surface area contributed by atoms with Gasteiger partial charge in [0.1, 0.15) is 5.92 Å². The second-order valence-corrected chi connectivity index (χ2v) is 5.33. The van der Waals surface area contributed by atoms with Crippen molar-refractivity contribution in [3.05, 3.63) is 0 Å². The minimum atomic E-state index is -1.20. The Morgan fingerprint density at radius 2 is 1.86 bits per heavy atom. The number of hydroxylamine groups is 2. The van der Waals surface area contributed by atoms with E-state index in [2.05, 4.69) is 5.32 Å². The first kappa shape index (κ1) is 14.4. The molecule has 1 spiro atoms. The molecule has 3 fully saturated rings. The van der Waals surface area contributed by atoms with Gasteiger partial charge in [0.05, 0.1) is 13.2 Å². The Morgan fingerprint density at radius 3 is 2.52 bits per heavy atom. The van der Waals surface area contributed by atoms with Crippen molar-refractivity contribution in [3.8, 4) is 0 Å². The number of nitrogens with one attached hydrogen (secondary N) is 1. The molecule has 21 heavy (non-hydrogen) atoms. The Labute approximate surface area is 121 Å². The van der Waals surface area contributed by atoms with Crippen molar-refractivity contribution in [1.82, 2.24) is 10.4 Å². The maximum absolute atomic E-state index is 12.4. The molecule has 0 saturated carbocycles. The fourth-order valence-corrected chi connectivity index (χ4v) is 2.87. The lowest BCUT2D eigenvalue weighted by atomic mass is 10.00. The molecule has 8 nitrogen and oxygen atoms in total. The summed E-state index contributed by atoms with van der Waals surface area (Å²) in [4.78, 5) is 40.5. The molecule has 3 aliphatic rings. The number of rotatable bonds is 2. The summed E-state index contributed by atoms with van der Waals surface area (Å²) in [5, 5.41) is 3.67. The zero-order valence-electron chi connectivity index (χ0n) is 11.6. The third-order valence-electron chi connectivity index (χ3n) is 3.94. The normalized spacial score (nSPS) is 29.0. The van der Waals surface area contributed by atoms with Gasteiger partial charge >= 0.3 is 5.97 Å². The minimum absolute atomic E-state index is 0.0766. The standard InChI is InChI=1S/C13H18N2O6/c16-10-4-5-11(17)15(10)21-12(18)9-3-1-2-6-14-13(9)19-7-8-20-13/h9,14H,1-8H2. The molecular weight excluding hydrogens is 280 g/mol. The summed E-state index contributed by atoms with van der Waals surface area (Å²) in [5.41, 5.74) is 0. The van der Waals surface area contributed by atoms with Gasteiger partial charge in [-0.25, -0.2) is 4.79 Å². The zero-order valence-corrected chi connectivity index (χ0v) is 11.6. The summed E-state index contributed by atoms with van der Waals surface area (Å²) in [7, 11) is 0. The van der Waals surface area contributed by atoms with Crippen LogP contribution in [0.15, 0.2) is 0 Å². The van der Waals surface area contributed by atoms with Crippen LogP contribution in [0.3, 0.4) is 0 Å². The average Bonchev–Trinajstić information content (AvgIpc) is 2.97. The van der Waals surface area contributed by atoms with Crippen molar-refractivity contribution in [2.75, 3.05) is 19.8 Å². The molecule has 0 aromatic carbocycles. The van der Waals surface area contributed by atoms with Gasteiger partial charge in [-0.05, 0) is 12.8 Å². The van der Waals surface area contributed by atoms with E-state index in [1.807, 2.05) is 0 Å². The molecule has 3 aliphatic heterocycles. The number of ether oxygens (including phenoxy) is 2. The van der Waals surface area contributed by atoms with Crippen LogP contribution in [0.4, 0.5) is 0 Å². The van der Waals surface area contributed by atoms with Crippen LogP contribution in [0.2, 0.25) is 0 Å². The van der Waals surface area contributed by atoms with Gasteiger partial charge in [0.15, 0.2) is 0 Å².